The molecule has 0 saturated heterocycles. The van der Waals surface area contributed by atoms with E-state index in [1.165, 1.54) is 32.9 Å². The maximum absolute atomic E-state index is 5.97. The monoisotopic (exact) mass is 277 g/mol. The summed E-state index contributed by atoms with van der Waals surface area (Å²) in [5, 5.41) is 3.28. The Bertz CT molecular complexity index is 904. The topological polar surface area (TPSA) is 15.8 Å². The molecule has 20 heavy (non-hydrogen) atoms. The smallest absolute Gasteiger partial charge is 0.0544 e. The minimum absolute atomic E-state index is 0.762. The van der Waals surface area contributed by atoms with E-state index in [9.17, 15) is 0 Å². The average molecular weight is 278 g/mol. The van der Waals surface area contributed by atoms with Gasteiger partial charge in [-0.3, -0.25) is 0 Å². The highest BCUT2D eigenvalue weighted by Crippen LogP contribution is 2.33. The first-order valence-electron chi connectivity index (χ1n) is 6.58. The summed E-state index contributed by atoms with van der Waals surface area (Å²) in [5.41, 5.74) is 4.72. The maximum Gasteiger partial charge on any atom is 0.0544 e. The molecule has 1 aromatic heterocycles. The van der Waals surface area contributed by atoms with Crippen LogP contribution >= 0.6 is 11.6 Å². The van der Waals surface area contributed by atoms with Gasteiger partial charge in [0.05, 0.1) is 5.52 Å². The number of halogens is 1. The Morgan fingerprint density at radius 1 is 0.700 bits per heavy atom. The molecule has 0 aliphatic heterocycles. The summed E-state index contributed by atoms with van der Waals surface area (Å²) in [7, 11) is 0. The van der Waals surface area contributed by atoms with Gasteiger partial charge in [-0.15, -0.1) is 0 Å². The molecule has 0 spiro atoms. The number of rotatable bonds is 1. The molecule has 1 N–H and O–H groups in total. The van der Waals surface area contributed by atoms with Gasteiger partial charge in [-0.1, -0.05) is 60.1 Å². The van der Waals surface area contributed by atoms with E-state index in [2.05, 4.69) is 59.6 Å². The first kappa shape index (κ1) is 11.6. The number of aromatic amines is 1. The molecule has 0 fully saturated rings. The van der Waals surface area contributed by atoms with Crippen LogP contribution in [0.1, 0.15) is 0 Å². The van der Waals surface area contributed by atoms with Gasteiger partial charge in [0.25, 0.3) is 0 Å². The molecule has 4 aromatic rings. The van der Waals surface area contributed by atoms with E-state index in [0.29, 0.717) is 0 Å². The van der Waals surface area contributed by atoms with Crippen LogP contribution < -0.4 is 0 Å². The van der Waals surface area contributed by atoms with Crippen LogP contribution in [0.5, 0.6) is 0 Å². The fourth-order valence-corrected chi connectivity index (χ4v) is 2.87. The molecule has 96 valence electrons. The Labute approximate surface area is 121 Å². The van der Waals surface area contributed by atoms with Gasteiger partial charge in [-0.05, 0) is 23.8 Å². The third-order valence-corrected chi connectivity index (χ3v) is 3.95. The zero-order chi connectivity index (χ0) is 13.5. The average Bonchev–Trinajstić information content (AvgIpc) is 2.87. The molecule has 1 nitrogen and oxygen atoms in total. The van der Waals surface area contributed by atoms with Crippen molar-refractivity contribution in [2.24, 2.45) is 0 Å². The van der Waals surface area contributed by atoms with E-state index in [4.69, 9.17) is 11.6 Å². The molecule has 4 rings (SSSR count). The number of hydrogen-bond acceptors (Lipinski definition) is 0. The number of nitrogens with one attached hydrogen (secondary N) is 1. The molecule has 0 unspecified atom stereocenters. The van der Waals surface area contributed by atoms with E-state index < -0.39 is 0 Å². The van der Waals surface area contributed by atoms with Crippen molar-refractivity contribution >= 4 is 33.4 Å². The maximum atomic E-state index is 5.97. The van der Waals surface area contributed by atoms with Gasteiger partial charge in [-0.2, -0.15) is 0 Å². The third kappa shape index (κ3) is 1.71. The molecule has 1 heterocycles. The second kappa shape index (κ2) is 4.39. The normalized spacial score (nSPS) is 11.2. The van der Waals surface area contributed by atoms with Gasteiger partial charge in [0.15, 0.2) is 0 Å². The molecular formula is C18H12ClN. The number of hydrogen-bond donors (Lipinski definition) is 1. The Balaban J connectivity index is 2.07. The highest BCUT2D eigenvalue weighted by atomic mass is 35.5. The lowest BCUT2D eigenvalue weighted by Gasteiger charge is -2.03. The molecule has 0 aliphatic carbocycles. The Hall–Kier alpha value is -2.25. The molecule has 0 aliphatic rings. The number of aromatic nitrogens is 1. The quantitative estimate of drug-likeness (QED) is 0.463. The van der Waals surface area contributed by atoms with Crippen LogP contribution in [0.3, 0.4) is 0 Å². The van der Waals surface area contributed by atoms with Crippen molar-refractivity contribution in [1.82, 2.24) is 4.98 Å². The van der Waals surface area contributed by atoms with Crippen LogP contribution in [0.15, 0.2) is 66.7 Å². The third-order valence-electron chi connectivity index (χ3n) is 3.70. The van der Waals surface area contributed by atoms with Gasteiger partial charge in [0.1, 0.15) is 0 Å². The first-order valence-corrected chi connectivity index (χ1v) is 6.96. The molecule has 0 atom stereocenters. The minimum atomic E-state index is 0.762. The van der Waals surface area contributed by atoms with Crippen LogP contribution in [0.4, 0.5) is 0 Å². The van der Waals surface area contributed by atoms with Crippen molar-refractivity contribution in [3.8, 4) is 11.1 Å². The molecule has 0 radical (unpaired) electrons. The van der Waals surface area contributed by atoms with E-state index in [1.807, 2.05) is 12.1 Å². The predicted molar refractivity (Wildman–Crippen MR) is 86.3 cm³/mol. The highest BCUT2D eigenvalue weighted by Gasteiger charge is 2.08. The van der Waals surface area contributed by atoms with Crippen LogP contribution in [0.2, 0.25) is 5.02 Å². The Kier molecular flexibility index (Phi) is 2.54. The molecule has 0 amide bonds. The van der Waals surface area contributed by atoms with Gasteiger partial charge in [0, 0.05) is 26.9 Å². The van der Waals surface area contributed by atoms with E-state index in [-0.39, 0.29) is 0 Å². The predicted octanol–water partition coefficient (Wildman–Crippen LogP) is 5.64. The summed E-state index contributed by atoms with van der Waals surface area (Å²) < 4.78 is 0. The second-order valence-corrected chi connectivity index (χ2v) is 5.34. The zero-order valence-electron chi connectivity index (χ0n) is 10.7. The summed E-state index contributed by atoms with van der Waals surface area (Å²) >= 11 is 5.97. The number of benzene rings is 3. The molecule has 3 aromatic carbocycles. The van der Waals surface area contributed by atoms with Gasteiger partial charge < -0.3 is 4.98 Å². The Morgan fingerprint density at radius 3 is 2.30 bits per heavy atom. The van der Waals surface area contributed by atoms with E-state index in [0.717, 1.165) is 5.02 Å². The molecule has 0 bridgehead atoms. The lowest BCUT2D eigenvalue weighted by Crippen LogP contribution is -1.79. The zero-order valence-corrected chi connectivity index (χ0v) is 11.5. The summed E-state index contributed by atoms with van der Waals surface area (Å²) in [5.74, 6) is 0. The van der Waals surface area contributed by atoms with E-state index in [1.54, 1.807) is 0 Å². The summed E-state index contributed by atoms with van der Waals surface area (Å²) in [6.07, 6.45) is 0. The SMILES string of the molecule is Clc1ccc(-c2cccc3c2[nH]c2ccccc23)cc1. The second-order valence-electron chi connectivity index (χ2n) is 4.91. The lowest BCUT2D eigenvalue weighted by molar-refractivity contribution is 1.53. The van der Waals surface area contributed by atoms with Crippen molar-refractivity contribution in [1.29, 1.82) is 0 Å². The minimum Gasteiger partial charge on any atom is -0.354 e. The van der Waals surface area contributed by atoms with Crippen LogP contribution in [0, 0.1) is 0 Å². The first-order chi connectivity index (χ1) is 9.83. The van der Waals surface area contributed by atoms with Crippen molar-refractivity contribution in [2.75, 3.05) is 0 Å². The molecular weight excluding hydrogens is 266 g/mol. The van der Waals surface area contributed by atoms with Crippen LogP contribution in [0.25, 0.3) is 32.9 Å². The van der Waals surface area contributed by atoms with E-state index >= 15 is 0 Å². The fraction of sp³-hybridized carbons (Fsp3) is 0. The fourth-order valence-electron chi connectivity index (χ4n) is 2.74. The standard InChI is InChI=1S/C18H12ClN/c19-13-10-8-12(9-11-13)14-5-3-6-16-15-4-1-2-7-17(15)20-18(14)16/h1-11,20H. The molecule has 2 heteroatoms. The summed E-state index contributed by atoms with van der Waals surface area (Å²) in [4.78, 5) is 3.53. The number of para-hydroxylation sites is 2. The van der Waals surface area contributed by atoms with Crippen molar-refractivity contribution in [3.05, 3.63) is 71.8 Å². The summed E-state index contributed by atoms with van der Waals surface area (Å²) in [6, 6.07) is 22.8. The van der Waals surface area contributed by atoms with Gasteiger partial charge >= 0.3 is 0 Å². The van der Waals surface area contributed by atoms with Gasteiger partial charge in [0.2, 0.25) is 0 Å². The number of fused-ring (bicyclic) bond motifs is 3. The Morgan fingerprint density at radius 2 is 1.45 bits per heavy atom. The van der Waals surface area contributed by atoms with Crippen molar-refractivity contribution in [3.63, 3.8) is 0 Å². The number of H-pyrrole nitrogens is 1. The van der Waals surface area contributed by atoms with Crippen LogP contribution in [-0.4, -0.2) is 4.98 Å². The van der Waals surface area contributed by atoms with Crippen molar-refractivity contribution in [2.45, 2.75) is 0 Å². The summed E-state index contributed by atoms with van der Waals surface area (Å²) in [6.45, 7) is 0. The lowest BCUT2D eigenvalue weighted by atomic mass is 10.0. The largest absolute Gasteiger partial charge is 0.354 e. The highest BCUT2D eigenvalue weighted by molar-refractivity contribution is 6.30. The van der Waals surface area contributed by atoms with Crippen LogP contribution in [-0.2, 0) is 0 Å². The van der Waals surface area contributed by atoms with Crippen molar-refractivity contribution < 1.29 is 0 Å². The molecule has 0 saturated carbocycles. The van der Waals surface area contributed by atoms with Gasteiger partial charge in [-0.25, -0.2) is 0 Å².